The first kappa shape index (κ1) is 20.5. The van der Waals surface area contributed by atoms with Gasteiger partial charge in [-0.15, -0.1) is 0 Å². The molecule has 1 saturated heterocycles. The summed E-state index contributed by atoms with van der Waals surface area (Å²) in [4.78, 5) is 37.7. The maximum Gasteiger partial charge on any atom is 0.270 e. The standard InChI is InChI=1S/C21H21N3O7/c1-29-17-5-3-15(24(27)28)11-16(17)21(26)23-8-6-13(7-9-23)20(25)22-14-2-4-18-19(10-14)31-12-30-18/h2-5,10-11,13H,6-9,12H2,1H3,(H,22,25). The van der Waals surface area contributed by atoms with Gasteiger partial charge in [-0.1, -0.05) is 0 Å². The Labute approximate surface area is 177 Å². The lowest BCUT2D eigenvalue weighted by molar-refractivity contribution is -0.384. The number of nitro benzene ring substituents is 1. The fourth-order valence-corrected chi connectivity index (χ4v) is 3.71. The van der Waals surface area contributed by atoms with Crippen LogP contribution in [0.25, 0.3) is 0 Å². The highest BCUT2D eigenvalue weighted by Crippen LogP contribution is 2.34. The molecule has 10 nitrogen and oxygen atoms in total. The van der Waals surface area contributed by atoms with Crippen LogP contribution in [0.5, 0.6) is 17.2 Å². The Bertz CT molecular complexity index is 1030. The van der Waals surface area contributed by atoms with Gasteiger partial charge in [0.15, 0.2) is 11.5 Å². The lowest BCUT2D eigenvalue weighted by atomic mass is 9.95. The molecular formula is C21H21N3O7. The van der Waals surface area contributed by atoms with Gasteiger partial charge in [-0.25, -0.2) is 0 Å². The molecule has 0 radical (unpaired) electrons. The van der Waals surface area contributed by atoms with Crippen molar-refractivity contribution in [3.05, 3.63) is 52.1 Å². The number of hydrogen-bond donors (Lipinski definition) is 1. The number of nitrogens with one attached hydrogen (secondary N) is 1. The quantitative estimate of drug-likeness (QED) is 0.575. The normalized spacial score (nSPS) is 15.5. The average Bonchev–Trinajstić information content (AvgIpc) is 3.26. The van der Waals surface area contributed by atoms with Gasteiger partial charge in [0, 0.05) is 42.9 Å². The minimum absolute atomic E-state index is 0.126. The van der Waals surface area contributed by atoms with Gasteiger partial charge >= 0.3 is 0 Å². The van der Waals surface area contributed by atoms with E-state index in [4.69, 9.17) is 14.2 Å². The summed E-state index contributed by atoms with van der Waals surface area (Å²) in [5.74, 6) is 0.777. The number of fused-ring (bicyclic) bond motifs is 1. The molecule has 162 valence electrons. The lowest BCUT2D eigenvalue weighted by Crippen LogP contribution is -2.41. The molecule has 2 aliphatic heterocycles. The van der Waals surface area contributed by atoms with Crippen molar-refractivity contribution in [2.24, 2.45) is 5.92 Å². The number of hydrogen-bond acceptors (Lipinski definition) is 7. The van der Waals surface area contributed by atoms with E-state index in [1.165, 1.54) is 25.3 Å². The minimum atomic E-state index is -0.553. The predicted octanol–water partition coefficient (Wildman–Crippen LogP) is 2.82. The summed E-state index contributed by atoms with van der Waals surface area (Å²) in [6, 6.07) is 9.14. The molecule has 10 heteroatoms. The number of methoxy groups -OCH3 is 1. The van der Waals surface area contributed by atoms with Crippen LogP contribution in [0.1, 0.15) is 23.2 Å². The number of benzene rings is 2. The number of carbonyl (C=O) groups is 2. The smallest absolute Gasteiger partial charge is 0.270 e. The monoisotopic (exact) mass is 427 g/mol. The Morgan fingerprint density at radius 2 is 1.87 bits per heavy atom. The predicted molar refractivity (Wildman–Crippen MR) is 109 cm³/mol. The van der Waals surface area contributed by atoms with Crippen LogP contribution in [0.4, 0.5) is 11.4 Å². The highest BCUT2D eigenvalue weighted by atomic mass is 16.7. The summed E-state index contributed by atoms with van der Waals surface area (Å²) in [6.07, 6.45) is 0.971. The van der Waals surface area contributed by atoms with Crippen molar-refractivity contribution in [2.45, 2.75) is 12.8 Å². The molecule has 2 aromatic rings. The van der Waals surface area contributed by atoms with Crippen molar-refractivity contribution in [3.63, 3.8) is 0 Å². The van der Waals surface area contributed by atoms with Gasteiger partial charge in [0.25, 0.3) is 11.6 Å². The first-order chi connectivity index (χ1) is 15.0. The second kappa shape index (κ2) is 8.50. The van der Waals surface area contributed by atoms with Crippen LogP contribution in [0, 0.1) is 16.0 Å². The molecule has 2 aromatic carbocycles. The Morgan fingerprint density at radius 3 is 2.58 bits per heavy atom. The molecular weight excluding hydrogens is 406 g/mol. The van der Waals surface area contributed by atoms with Crippen molar-refractivity contribution in [1.82, 2.24) is 4.90 Å². The summed E-state index contributed by atoms with van der Waals surface area (Å²) in [7, 11) is 1.41. The Hall–Kier alpha value is -3.82. The van der Waals surface area contributed by atoms with E-state index in [-0.39, 0.29) is 41.5 Å². The van der Waals surface area contributed by atoms with Gasteiger partial charge < -0.3 is 24.4 Å². The van der Waals surface area contributed by atoms with Crippen LogP contribution in [0.15, 0.2) is 36.4 Å². The molecule has 0 aliphatic carbocycles. The molecule has 2 heterocycles. The van der Waals surface area contributed by atoms with Gasteiger partial charge in [-0.3, -0.25) is 19.7 Å². The Kier molecular flexibility index (Phi) is 5.61. The number of amides is 2. The summed E-state index contributed by atoms with van der Waals surface area (Å²) in [5.41, 5.74) is 0.580. The summed E-state index contributed by atoms with van der Waals surface area (Å²) >= 11 is 0. The van der Waals surface area contributed by atoms with E-state index >= 15 is 0 Å². The van der Waals surface area contributed by atoms with E-state index in [0.717, 1.165) is 0 Å². The Balaban J connectivity index is 1.38. The lowest BCUT2D eigenvalue weighted by Gasteiger charge is -2.31. The van der Waals surface area contributed by atoms with Crippen LogP contribution in [0.2, 0.25) is 0 Å². The third kappa shape index (κ3) is 4.23. The fourth-order valence-electron chi connectivity index (χ4n) is 3.71. The van der Waals surface area contributed by atoms with E-state index in [1.54, 1.807) is 23.1 Å². The van der Waals surface area contributed by atoms with Crippen LogP contribution in [0.3, 0.4) is 0 Å². The van der Waals surface area contributed by atoms with Crippen molar-refractivity contribution < 1.29 is 28.7 Å². The zero-order valence-electron chi connectivity index (χ0n) is 16.8. The van der Waals surface area contributed by atoms with Crippen molar-refractivity contribution in [1.29, 1.82) is 0 Å². The maximum absolute atomic E-state index is 12.9. The molecule has 1 N–H and O–H groups in total. The van der Waals surface area contributed by atoms with Crippen molar-refractivity contribution in [2.75, 3.05) is 32.3 Å². The number of piperidine rings is 1. The molecule has 1 fully saturated rings. The third-order valence-electron chi connectivity index (χ3n) is 5.42. The summed E-state index contributed by atoms with van der Waals surface area (Å²) < 4.78 is 15.8. The highest BCUT2D eigenvalue weighted by molar-refractivity contribution is 5.98. The van der Waals surface area contributed by atoms with Crippen LogP contribution in [-0.2, 0) is 4.79 Å². The van der Waals surface area contributed by atoms with Gasteiger partial charge in [-0.05, 0) is 31.0 Å². The second-order valence-electron chi connectivity index (χ2n) is 7.27. The molecule has 2 aliphatic rings. The largest absolute Gasteiger partial charge is 0.496 e. The van der Waals surface area contributed by atoms with E-state index < -0.39 is 4.92 Å². The minimum Gasteiger partial charge on any atom is -0.496 e. The summed E-state index contributed by atoms with van der Waals surface area (Å²) in [6.45, 7) is 0.891. The topological polar surface area (TPSA) is 120 Å². The number of likely N-dealkylation sites (tertiary alicyclic amines) is 1. The van der Waals surface area contributed by atoms with Crippen LogP contribution in [-0.4, -0.2) is 48.6 Å². The number of anilines is 1. The molecule has 2 amide bonds. The zero-order valence-corrected chi connectivity index (χ0v) is 16.8. The van der Waals surface area contributed by atoms with E-state index in [0.29, 0.717) is 43.1 Å². The van der Waals surface area contributed by atoms with Gasteiger partial charge in [0.1, 0.15) is 5.75 Å². The fraction of sp³-hybridized carbons (Fsp3) is 0.333. The van der Waals surface area contributed by atoms with Gasteiger partial charge in [0.2, 0.25) is 12.7 Å². The van der Waals surface area contributed by atoms with Gasteiger partial charge in [0.05, 0.1) is 17.6 Å². The molecule has 0 spiro atoms. The van der Waals surface area contributed by atoms with E-state index in [9.17, 15) is 19.7 Å². The SMILES string of the molecule is COc1ccc([N+](=O)[O-])cc1C(=O)N1CCC(C(=O)Nc2ccc3c(c2)OCO3)CC1. The molecule has 0 aromatic heterocycles. The molecule has 0 atom stereocenters. The van der Waals surface area contributed by atoms with Gasteiger partial charge in [-0.2, -0.15) is 0 Å². The van der Waals surface area contributed by atoms with Crippen molar-refractivity contribution >= 4 is 23.2 Å². The van der Waals surface area contributed by atoms with E-state index in [1.807, 2.05) is 0 Å². The van der Waals surface area contributed by atoms with E-state index in [2.05, 4.69) is 5.32 Å². The zero-order chi connectivity index (χ0) is 22.0. The second-order valence-corrected chi connectivity index (χ2v) is 7.27. The molecule has 31 heavy (non-hydrogen) atoms. The molecule has 0 bridgehead atoms. The molecule has 4 rings (SSSR count). The Morgan fingerprint density at radius 1 is 1.13 bits per heavy atom. The maximum atomic E-state index is 12.9. The highest BCUT2D eigenvalue weighted by Gasteiger charge is 2.30. The first-order valence-electron chi connectivity index (χ1n) is 9.78. The number of nitrogens with zero attached hydrogens (tertiary/aromatic N) is 2. The number of nitro groups is 1. The third-order valence-corrected chi connectivity index (χ3v) is 5.42. The number of carbonyl (C=O) groups excluding carboxylic acids is 2. The number of ether oxygens (including phenoxy) is 3. The van der Waals surface area contributed by atoms with Crippen LogP contribution >= 0.6 is 0 Å². The molecule has 0 saturated carbocycles. The first-order valence-corrected chi connectivity index (χ1v) is 9.78. The number of non-ortho nitro benzene ring substituents is 1. The number of rotatable bonds is 5. The summed E-state index contributed by atoms with van der Waals surface area (Å²) in [5, 5.41) is 13.9. The molecule has 0 unspecified atom stereocenters. The van der Waals surface area contributed by atoms with Crippen molar-refractivity contribution in [3.8, 4) is 17.2 Å². The average molecular weight is 427 g/mol. The van der Waals surface area contributed by atoms with Crippen LogP contribution < -0.4 is 19.5 Å².